The Kier molecular flexibility index (Phi) is 2.56. The summed E-state index contributed by atoms with van der Waals surface area (Å²) < 4.78 is 10.2. The zero-order valence-corrected chi connectivity index (χ0v) is 10.4. The number of benzene rings is 1. The third-order valence-corrected chi connectivity index (χ3v) is 2.61. The molecule has 3 aromatic rings. The van der Waals surface area contributed by atoms with E-state index in [1.165, 1.54) is 0 Å². The van der Waals surface area contributed by atoms with Crippen LogP contribution in [0.1, 0.15) is 22.1 Å². The van der Waals surface area contributed by atoms with Crippen LogP contribution in [0.15, 0.2) is 33.2 Å². The molecule has 6 heteroatoms. The SMILES string of the molecule is Cc1cc(C(=O)Nc2ccc3oc(C)nc3c2)no1. The van der Waals surface area contributed by atoms with Crippen LogP contribution in [0.25, 0.3) is 11.1 Å². The lowest BCUT2D eigenvalue weighted by Crippen LogP contribution is -2.11. The molecule has 0 saturated heterocycles. The van der Waals surface area contributed by atoms with Crippen molar-refractivity contribution in [3.63, 3.8) is 0 Å². The number of rotatable bonds is 2. The number of fused-ring (bicyclic) bond motifs is 1. The number of hydrogen-bond donors (Lipinski definition) is 1. The van der Waals surface area contributed by atoms with E-state index in [0.29, 0.717) is 28.4 Å². The number of carbonyl (C=O) groups is 1. The van der Waals surface area contributed by atoms with Gasteiger partial charge >= 0.3 is 0 Å². The third-order valence-electron chi connectivity index (χ3n) is 2.61. The number of aryl methyl sites for hydroxylation is 2. The average Bonchev–Trinajstić information content (AvgIpc) is 2.93. The fraction of sp³-hybridized carbons (Fsp3) is 0.154. The van der Waals surface area contributed by atoms with Gasteiger partial charge in [-0.25, -0.2) is 4.98 Å². The first-order valence-corrected chi connectivity index (χ1v) is 5.74. The van der Waals surface area contributed by atoms with Gasteiger partial charge in [-0.15, -0.1) is 0 Å². The van der Waals surface area contributed by atoms with Crippen LogP contribution in [0.5, 0.6) is 0 Å². The summed E-state index contributed by atoms with van der Waals surface area (Å²) in [4.78, 5) is 16.1. The largest absolute Gasteiger partial charge is 0.441 e. The monoisotopic (exact) mass is 257 g/mol. The van der Waals surface area contributed by atoms with Crippen LogP contribution in [0.2, 0.25) is 0 Å². The fourth-order valence-corrected chi connectivity index (χ4v) is 1.79. The molecule has 0 atom stereocenters. The summed E-state index contributed by atoms with van der Waals surface area (Å²) in [6.45, 7) is 3.50. The molecular weight excluding hydrogens is 246 g/mol. The molecule has 0 unspecified atom stereocenters. The van der Waals surface area contributed by atoms with Crippen LogP contribution < -0.4 is 5.32 Å². The maximum atomic E-state index is 11.9. The minimum atomic E-state index is -0.323. The van der Waals surface area contributed by atoms with Crippen molar-refractivity contribution < 1.29 is 13.7 Å². The average molecular weight is 257 g/mol. The summed E-state index contributed by atoms with van der Waals surface area (Å²) in [6, 6.07) is 6.83. The van der Waals surface area contributed by atoms with E-state index in [0.717, 1.165) is 0 Å². The Labute approximate surface area is 108 Å². The summed E-state index contributed by atoms with van der Waals surface area (Å²) in [5, 5.41) is 6.39. The van der Waals surface area contributed by atoms with Crippen molar-refractivity contribution in [1.82, 2.24) is 10.1 Å². The van der Waals surface area contributed by atoms with E-state index in [4.69, 9.17) is 8.94 Å². The zero-order valence-electron chi connectivity index (χ0n) is 10.4. The Morgan fingerprint density at radius 2 is 2.11 bits per heavy atom. The van der Waals surface area contributed by atoms with Gasteiger partial charge in [0.25, 0.3) is 5.91 Å². The van der Waals surface area contributed by atoms with Crippen molar-refractivity contribution in [3.05, 3.63) is 41.6 Å². The van der Waals surface area contributed by atoms with E-state index < -0.39 is 0 Å². The van der Waals surface area contributed by atoms with Crippen molar-refractivity contribution in [2.45, 2.75) is 13.8 Å². The van der Waals surface area contributed by atoms with Crippen molar-refractivity contribution in [1.29, 1.82) is 0 Å². The molecule has 19 heavy (non-hydrogen) atoms. The van der Waals surface area contributed by atoms with E-state index in [9.17, 15) is 4.79 Å². The quantitative estimate of drug-likeness (QED) is 0.763. The van der Waals surface area contributed by atoms with E-state index >= 15 is 0 Å². The molecule has 2 heterocycles. The second-order valence-electron chi connectivity index (χ2n) is 4.19. The van der Waals surface area contributed by atoms with Crippen LogP contribution >= 0.6 is 0 Å². The molecule has 1 amide bonds. The number of aromatic nitrogens is 2. The maximum absolute atomic E-state index is 11.9. The van der Waals surface area contributed by atoms with Crippen molar-refractivity contribution in [2.24, 2.45) is 0 Å². The smallest absolute Gasteiger partial charge is 0.277 e. The van der Waals surface area contributed by atoms with Gasteiger partial charge in [0, 0.05) is 18.7 Å². The normalized spacial score (nSPS) is 10.8. The Morgan fingerprint density at radius 3 is 2.84 bits per heavy atom. The highest BCUT2D eigenvalue weighted by Crippen LogP contribution is 2.20. The van der Waals surface area contributed by atoms with Gasteiger partial charge in [0.2, 0.25) is 0 Å². The number of oxazole rings is 1. The molecule has 0 radical (unpaired) electrons. The first kappa shape index (κ1) is 11.5. The van der Waals surface area contributed by atoms with Gasteiger partial charge in [-0.2, -0.15) is 0 Å². The van der Waals surface area contributed by atoms with Crippen LogP contribution in [0.3, 0.4) is 0 Å². The number of nitrogens with one attached hydrogen (secondary N) is 1. The molecule has 0 spiro atoms. The molecule has 0 aliphatic rings. The Balaban J connectivity index is 1.86. The Bertz CT molecular complexity index is 757. The number of anilines is 1. The van der Waals surface area contributed by atoms with Crippen LogP contribution in [0.4, 0.5) is 5.69 Å². The second-order valence-corrected chi connectivity index (χ2v) is 4.19. The molecule has 96 valence electrons. The predicted molar refractivity (Wildman–Crippen MR) is 67.9 cm³/mol. The van der Waals surface area contributed by atoms with Crippen LogP contribution in [-0.4, -0.2) is 16.0 Å². The summed E-state index contributed by atoms with van der Waals surface area (Å²) in [5.74, 6) is 0.856. The topological polar surface area (TPSA) is 81.2 Å². The van der Waals surface area contributed by atoms with Gasteiger partial charge in [0.05, 0.1) is 0 Å². The molecule has 3 rings (SSSR count). The van der Waals surface area contributed by atoms with Crippen LogP contribution in [-0.2, 0) is 0 Å². The third kappa shape index (κ3) is 2.20. The lowest BCUT2D eigenvalue weighted by Gasteiger charge is -2.01. The van der Waals surface area contributed by atoms with E-state index in [1.807, 2.05) is 0 Å². The standard InChI is InChI=1S/C13H11N3O3/c1-7-5-11(16-19-7)13(17)15-9-3-4-12-10(6-9)14-8(2)18-12/h3-6H,1-2H3,(H,15,17). The summed E-state index contributed by atoms with van der Waals surface area (Å²) in [5.41, 5.74) is 2.26. The Hall–Kier alpha value is -2.63. The van der Waals surface area contributed by atoms with Gasteiger partial charge in [-0.05, 0) is 25.1 Å². The minimum Gasteiger partial charge on any atom is -0.441 e. The molecule has 1 aromatic carbocycles. The summed E-state index contributed by atoms with van der Waals surface area (Å²) in [7, 11) is 0. The summed E-state index contributed by atoms with van der Waals surface area (Å²) >= 11 is 0. The van der Waals surface area contributed by atoms with Crippen molar-refractivity contribution >= 4 is 22.7 Å². The number of amides is 1. The summed E-state index contributed by atoms with van der Waals surface area (Å²) in [6.07, 6.45) is 0. The van der Waals surface area contributed by atoms with Crippen molar-refractivity contribution in [2.75, 3.05) is 5.32 Å². The first-order valence-electron chi connectivity index (χ1n) is 5.74. The van der Waals surface area contributed by atoms with Gasteiger partial charge in [-0.1, -0.05) is 5.16 Å². The fourth-order valence-electron chi connectivity index (χ4n) is 1.79. The van der Waals surface area contributed by atoms with E-state index in [-0.39, 0.29) is 11.6 Å². The number of hydrogen-bond acceptors (Lipinski definition) is 5. The van der Waals surface area contributed by atoms with Gasteiger partial charge in [0.15, 0.2) is 17.2 Å². The van der Waals surface area contributed by atoms with Gasteiger partial charge in [-0.3, -0.25) is 4.79 Å². The molecule has 0 aliphatic heterocycles. The molecular formula is C13H11N3O3. The number of carbonyl (C=O) groups excluding carboxylic acids is 1. The van der Waals surface area contributed by atoms with Gasteiger partial charge in [0.1, 0.15) is 11.3 Å². The second kappa shape index (κ2) is 4.24. The predicted octanol–water partition coefficient (Wildman–Crippen LogP) is 2.68. The lowest BCUT2D eigenvalue weighted by atomic mass is 10.2. The molecule has 0 fully saturated rings. The number of nitrogens with zero attached hydrogens (tertiary/aromatic N) is 2. The molecule has 6 nitrogen and oxygen atoms in total. The first-order chi connectivity index (χ1) is 9.11. The molecule has 2 aromatic heterocycles. The van der Waals surface area contributed by atoms with Crippen molar-refractivity contribution in [3.8, 4) is 0 Å². The van der Waals surface area contributed by atoms with Gasteiger partial charge < -0.3 is 14.3 Å². The molecule has 0 bridgehead atoms. The molecule has 1 N–H and O–H groups in total. The molecule has 0 aliphatic carbocycles. The lowest BCUT2D eigenvalue weighted by molar-refractivity contribution is 0.101. The van der Waals surface area contributed by atoms with E-state index in [2.05, 4.69) is 15.5 Å². The maximum Gasteiger partial charge on any atom is 0.277 e. The minimum absolute atomic E-state index is 0.244. The van der Waals surface area contributed by atoms with Crippen LogP contribution in [0, 0.1) is 13.8 Å². The zero-order chi connectivity index (χ0) is 13.4. The highest BCUT2D eigenvalue weighted by atomic mass is 16.5. The molecule has 0 saturated carbocycles. The Morgan fingerprint density at radius 1 is 1.26 bits per heavy atom. The highest BCUT2D eigenvalue weighted by molar-refractivity contribution is 6.03. The van der Waals surface area contributed by atoms with E-state index in [1.54, 1.807) is 38.1 Å². The highest BCUT2D eigenvalue weighted by Gasteiger charge is 2.12.